The number of benzene rings is 2. The maximum absolute atomic E-state index is 12.0. The number of amides is 1. The van der Waals surface area contributed by atoms with Crippen molar-refractivity contribution >= 4 is 39.5 Å². The van der Waals surface area contributed by atoms with Gasteiger partial charge in [-0.15, -0.1) is 5.10 Å². The van der Waals surface area contributed by atoms with Crippen molar-refractivity contribution < 1.29 is 9.21 Å². The molecule has 7 heteroatoms. The standard InChI is InChI=1S/C16H11BrClN3O2/c17-12-3-1-2-11(9-12)15-20-21-16(23-15)19-14(22)8-10-4-6-13(18)7-5-10/h1-7,9H,8H2,(H,19,21,22). The first-order valence-corrected chi connectivity index (χ1v) is 7.91. The molecule has 0 saturated carbocycles. The Morgan fingerprint density at radius 2 is 1.96 bits per heavy atom. The molecule has 1 N–H and O–H groups in total. The van der Waals surface area contributed by atoms with Gasteiger partial charge >= 0.3 is 6.01 Å². The highest BCUT2D eigenvalue weighted by atomic mass is 79.9. The minimum absolute atomic E-state index is 0.0685. The van der Waals surface area contributed by atoms with Crippen LogP contribution in [-0.2, 0) is 11.2 Å². The van der Waals surface area contributed by atoms with Crippen LogP contribution in [0.2, 0.25) is 5.02 Å². The average Bonchev–Trinajstić information content (AvgIpc) is 2.98. The minimum Gasteiger partial charge on any atom is -0.403 e. The summed E-state index contributed by atoms with van der Waals surface area (Å²) in [4.78, 5) is 12.0. The zero-order chi connectivity index (χ0) is 16.2. The highest BCUT2D eigenvalue weighted by molar-refractivity contribution is 9.10. The average molecular weight is 393 g/mol. The second kappa shape index (κ2) is 6.93. The summed E-state index contributed by atoms with van der Waals surface area (Å²) in [5.41, 5.74) is 1.61. The minimum atomic E-state index is -0.239. The van der Waals surface area contributed by atoms with Crippen molar-refractivity contribution in [1.29, 1.82) is 0 Å². The van der Waals surface area contributed by atoms with Gasteiger partial charge in [-0.1, -0.05) is 50.8 Å². The molecule has 1 heterocycles. The molecule has 1 aromatic heterocycles. The molecule has 0 aliphatic carbocycles. The van der Waals surface area contributed by atoms with Crippen molar-refractivity contribution in [3.63, 3.8) is 0 Å². The fraction of sp³-hybridized carbons (Fsp3) is 0.0625. The van der Waals surface area contributed by atoms with E-state index in [9.17, 15) is 4.79 Å². The summed E-state index contributed by atoms with van der Waals surface area (Å²) in [6, 6.07) is 14.6. The zero-order valence-electron chi connectivity index (χ0n) is 11.8. The summed E-state index contributed by atoms with van der Waals surface area (Å²) in [6.45, 7) is 0. The third-order valence-electron chi connectivity index (χ3n) is 3.02. The lowest BCUT2D eigenvalue weighted by atomic mass is 10.1. The van der Waals surface area contributed by atoms with Gasteiger partial charge < -0.3 is 4.42 Å². The van der Waals surface area contributed by atoms with Crippen molar-refractivity contribution in [2.45, 2.75) is 6.42 Å². The van der Waals surface area contributed by atoms with Crippen LogP contribution in [0.3, 0.4) is 0 Å². The number of halogens is 2. The predicted molar refractivity (Wildman–Crippen MR) is 91.2 cm³/mol. The normalized spacial score (nSPS) is 10.5. The van der Waals surface area contributed by atoms with E-state index in [4.69, 9.17) is 16.0 Å². The first kappa shape index (κ1) is 15.7. The maximum atomic E-state index is 12.0. The number of carbonyl (C=O) groups excluding carboxylic acids is 1. The van der Waals surface area contributed by atoms with Gasteiger partial charge in [-0.25, -0.2) is 0 Å². The van der Waals surface area contributed by atoms with E-state index in [1.165, 1.54) is 0 Å². The molecule has 2 aromatic carbocycles. The first-order valence-electron chi connectivity index (χ1n) is 6.74. The number of nitrogens with zero attached hydrogens (tertiary/aromatic N) is 2. The van der Waals surface area contributed by atoms with Crippen molar-refractivity contribution in [1.82, 2.24) is 10.2 Å². The molecule has 0 saturated heterocycles. The third-order valence-corrected chi connectivity index (χ3v) is 3.77. The number of hydrogen-bond donors (Lipinski definition) is 1. The largest absolute Gasteiger partial charge is 0.403 e. The van der Waals surface area contributed by atoms with E-state index in [1.807, 2.05) is 24.3 Å². The summed E-state index contributed by atoms with van der Waals surface area (Å²) in [7, 11) is 0. The highest BCUT2D eigenvalue weighted by Crippen LogP contribution is 2.23. The summed E-state index contributed by atoms with van der Waals surface area (Å²) in [6.07, 6.45) is 0.200. The Hall–Kier alpha value is -2.18. The lowest BCUT2D eigenvalue weighted by Gasteiger charge is -2.01. The van der Waals surface area contributed by atoms with Gasteiger partial charge in [-0.05, 0) is 35.9 Å². The SMILES string of the molecule is O=C(Cc1ccc(Cl)cc1)Nc1nnc(-c2cccc(Br)c2)o1. The number of rotatable bonds is 4. The van der Waals surface area contributed by atoms with Crippen molar-refractivity contribution in [2.24, 2.45) is 0 Å². The number of anilines is 1. The monoisotopic (exact) mass is 391 g/mol. The number of nitrogens with one attached hydrogen (secondary N) is 1. The number of hydrogen-bond acceptors (Lipinski definition) is 4. The molecule has 116 valence electrons. The van der Waals surface area contributed by atoms with E-state index in [-0.39, 0.29) is 18.3 Å². The van der Waals surface area contributed by atoms with E-state index < -0.39 is 0 Å². The second-order valence-electron chi connectivity index (χ2n) is 4.77. The Morgan fingerprint density at radius 3 is 2.70 bits per heavy atom. The quantitative estimate of drug-likeness (QED) is 0.717. The molecule has 3 aromatic rings. The van der Waals surface area contributed by atoms with E-state index in [0.717, 1.165) is 15.6 Å². The number of carbonyl (C=O) groups is 1. The highest BCUT2D eigenvalue weighted by Gasteiger charge is 2.12. The molecule has 0 atom stereocenters. The Balaban J connectivity index is 1.66. The van der Waals surface area contributed by atoms with Gasteiger partial charge in [0.2, 0.25) is 11.8 Å². The van der Waals surface area contributed by atoms with Crippen molar-refractivity contribution in [3.05, 3.63) is 63.6 Å². The first-order chi connectivity index (χ1) is 11.1. The third kappa shape index (κ3) is 4.18. The molecule has 0 radical (unpaired) electrons. The van der Waals surface area contributed by atoms with Crippen LogP contribution in [0.1, 0.15) is 5.56 Å². The molecule has 0 aliphatic heterocycles. The maximum Gasteiger partial charge on any atom is 0.322 e. The van der Waals surface area contributed by atoms with Crippen LogP contribution in [0.25, 0.3) is 11.5 Å². The zero-order valence-corrected chi connectivity index (χ0v) is 14.1. The second-order valence-corrected chi connectivity index (χ2v) is 6.13. The number of aromatic nitrogens is 2. The van der Waals surface area contributed by atoms with Crippen LogP contribution in [-0.4, -0.2) is 16.1 Å². The van der Waals surface area contributed by atoms with E-state index in [0.29, 0.717) is 10.9 Å². The molecular weight excluding hydrogens is 382 g/mol. The van der Waals surface area contributed by atoms with Crippen LogP contribution >= 0.6 is 27.5 Å². The summed E-state index contributed by atoms with van der Waals surface area (Å²) in [5.74, 6) is 0.102. The smallest absolute Gasteiger partial charge is 0.322 e. The van der Waals surface area contributed by atoms with Gasteiger partial charge in [-0.3, -0.25) is 10.1 Å². The fourth-order valence-corrected chi connectivity index (χ4v) is 2.49. The Bertz CT molecular complexity index is 833. The Kier molecular flexibility index (Phi) is 4.73. The van der Waals surface area contributed by atoms with Gasteiger partial charge in [0.15, 0.2) is 0 Å². The molecular formula is C16H11BrClN3O2. The van der Waals surface area contributed by atoms with Crippen LogP contribution < -0.4 is 5.32 Å². The molecule has 0 fully saturated rings. The molecule has 1 amide bonds. The van der Waals surface area contributed by atoms with Crippen LogP contribution in [0.4, 0.5) is 6.01 Å². The van der Waals surface area contributed by atoms with E-state index >= 15 is 0 Å². The Morgan fingerprint density at radius 1 is 1.17 bits per heavy atom. The van der Waals surface area contributed by atoms with Crippen molar-refractivity contribution in [2.75, 3.05) is 5.32 Å². The lowest BCUT2D eigenvalue weighted by molar-refractivity contribution is -0.115. The molecule has 0 aliphatic rings. The van der Waals surface area contributed by atoms with Gasteiger partial charge in [0.1, 0.15) is 0 Å². The fourth-order valence-electron chi connectivity index (χ4n) is 1.96. The molecule has 0 bridgehead atoms. The van der Waals surface area contributed by atoms with Crippen LogP contribution in [0, 0.1) is 0 Å². The van der Waals surface area contributed by atoms with Gasteiger partial charge in [-0.2, -0.15) is 0 Å². The van der Waals surface area contributed by atoms with Crippen LogP contribution in [0.5, 0.6) is 0 Å². The summed E-state index contributed by atoms with van der Waals surface area (Å²) in [5, 5.41) is 11.0. The van der Waals surface area contributed by atoms with Gasteiger partial charge in [0, 0.05) is 15.1 Å². The van der Waals surface area contributed by atoms with E-state index in [2.05, 4.69) is 31.4 Å². The summed E-state index contributed by atoms with van der Waals surface area (Å²) < 4.78 is 6.36. The van der Waals surface area contributed by atoms with Crippen LogP contribution in [0.15, 0.2) is 57.4 Å². The van der Waals surface area contributed by atoms with E-state index in [1.54, 1.807) is 24.3 Å². The molecule has 23 heavy (non-hydrogen) atoms. The molecule has 3 rings (SSSR count). The van der Waals surface area contributed by atoms with Gasteiger partial charge in [0.05, 0.1) is 6.42 Å². The lowest BCUT2D eigenvalue weighted by Crippen LogP contribution is -2.14. The molecule has 0 unspecified atom stereocenters. The predicted octanol–water partition coefficient (Wildman–Crippen LogP) is 4.33. The van der Waals surface area contributed by atoms with Crippen molar-refractivity contribution in [3.8, 4) is 11.5 Å². The topological polar surface area (TPSA) is 68.0 Å². The molecule has 0 spiro atoms. The van der Waals surface area contributed by atoms with Gasteiger partial charge in [0.25, 0.3) is 0 Å². The molecule has 5 nitrogen and oxygen atoms in total. The summed E-state index contributed by atoms with van der Waals surface area (Å²) >= 11 is 9.19. The Labute approximate surface area is 145 Å².